The number of hydrogen-bond donors (Lipinski definition) is 1. The minimum Gasteiger partial charge on any atom is -0.361 e. The molecule has 1 aromatic heterocycles. The Hall–Kier alpha value is -2.59. The zero-order chi connectivity index (χ0) is 17.9. The number of H-pyrrole nitrogens is 1. The number of amides is 1. The summed E-state index contributed by atoms with van der Waals surface area (Å²) in [6.45, 7) is 6.56. The smallest absolute Gasteiger partial charge is 0.253 e. The molecule has 3 aromatic rings. The monoisotopic (exact) mass is 347 g/mol. The van der Waals surface area contributed by atoms with Crippen molar-refractivity contribution in [3.63, 3.8) is 0 Å². The van der Waals surface area contributed by atoms with Crippen LogP contribution >= 0.6 is 0 Å². The second kappa shape index (κ2) is 7.34. The Morgan fingerprint density at radius 3 is 2.65 bits per heavy atom. The molecule has 4 nitrogen and oxygen atoms in total. The van der Waals surface area contributed by atoms with E-state index in [9.17, 15) is 4.79 Å². The summed E-state index contributed by atoms with van der Waals surface area (Å²) in [5.41, 5.74) is 4.51. The number of benzene rings is 2. The van der Waals surface area contributed by atoms with Gasteiger partial charge in [-0.25, -0.2) is 0 Å². The molecule has 0 aliphatic carbocycles. The molecule has 2 aromatic carbocycles. The van der Waals surface area contributed by atoms with E-state index in [1.54, 1.807) is 0 Å². The standard InChI is InChI=1S/C22H25N3O/c1-17-5-4-6-18(15-17)22(26)25-13-11-24(12-14-25)10-9-19-16-23-21-8-3-2-7-20(19)21/h2-8,15-16,23H,9-14H2,1H3. The van der Waals surface area contributed by atoms with Crippen LogP contribution in [-0.4, -0.2) is 53.4 Å². The van der Waals surface area contributed by atoms with Gasteiger partial charge in [-0.1, -0.05) is 35.9 Å². The molecule has 0 bridgehead atoms. The topological polar surface area (TPSA) is 39.3 Å². The summed E-state index contributed by atoms with van der Waals surface area (Å²) in [6.07, 6.45) is 3.16. The molecule has 0 unspecified atom stereocenters. The van der Waals surface area contributed by atoms with Crippen molar-refractivity contribution in [3.05, 3.63) is 71.4 Å². The van der Waals surface area contributed by atoms with Crippen molar-refractivity contribution in [2.24, 2.45) is 0 Å². The molecule has 1 amide bonds. The van der Waals surface area contributed by atoms with Crippen molar-refractivity contribution in [3.8, 4) is 0 Å². The molecular formula is C22H25N3O. The van der Waals surface area contributed by atoms with Crippen LogP contribution in [-0.2, 0) is 6.42 Å². The van der Waals surface area contributed by atoms with E-state index >= 15 is 0 Å². The number of nitrogens with one attached hydrogen (secondary N) is 1. The van der Waals surface area contributed by atoms with E-state index < -0.39 is 0 Å². The summed E-state index contributed by atoms with van der Waals surface area (Å²) in [5, 5.41) is 1.32. The van der Waals surface area contributed by atoms with Crippen molar-refractivity contribution >= 4 is 16.8 Å². The van der Waals surface area contributed by atoms with Crippen LogP contribution in [0.5, 0.6) is 0 Å². The number of aryl methyl sites for hydroxylation is 1. The van der Waals surface area contributed by atoms with Gasteiger partial charge in [0.25, 0.3) is 5.91 Å². The number of fused-ring (bicyclic) bond motifs is 1. The molecule has 1 saturated heterocycles. The van der Waals surface area contributed by atoms with Crippen molar-refractivity contribution < 1.29 is 4.79 Å². The van der Waals surface area contributed by atoms with Gasteiger partial charge in [0.1, 0.15) is 0 Å². The molecule has 4 rings (SSSR count). The van der Waals surface area contributed by atoms with E-state index in [0.717, 1.165) is 50.3 Å². The van der Waals surface area contributed by atoms with Gasteiger partial charge in [0, 0.05) is 55.4 Å². The quantitative estimate of drug-likeness (QED) is 0.785. The average molecular weight is 347 g/mol. The maximum absolute atomic E-state index is 12.7. The Morgan fingerprint density at radius 1 is 1.04 bits per heavy atom. The zero-order valence-electron chi connectivity index (χ0n) is 15.2. The van der Waals surface area contributed by atoms with Gasteiger partial charge < -0.3 is 9.88 Å². The van der Waals surface area contributed by atoms with Gasteiger partial charge in [0.15, 0.2) is 0 Å². The van der Waals surface area contributed by atoms with Crippen molar-refractivity contribution in [2.45, 2.75) is 13.3 Å². The fourth-order valence-corrected chi connectivity index (χ4v) is 3.75. The lowest BCUT2D eigenvalue weighted by molar-refractivity contribution is 0.0638. The first-order valence-corrected chi connectivity index (χ1v) is 9.34. The van der Waals surface area contributed by atoms with Crippen molar-refractivity contribution in [1.82, 2.24) is 14.8 Å². The molecule has 0 radical (unpaired) electrons. The highest BCUT2D eigenvalue weighted by atomic mass is 16.2. The third-order valence-corrected chi connectivity index (χ3v) is 5.30. The number of nitrogens with zero attached hydrogens (tertiary/aromatic N) is 2. The molecule has 1 aliphatic heterocycles. The van der Waals surface area contributed by atoms with Gasteiger partial charge in [-0.3, -0.25) is 9.69 Å². The van der Waals surface area contributed by atoms with Gasteiger partial charge >= 0.3 is 0 Å². The number of hydrogen-bond acceptors (Lipinski definition) is 2. The molecule has 4 heteroatoms. The number of aromatic nitrogens is 1. The first kappa shape index (κ1) is 16.9. The third-order valence-electron chi connectivity index (χ3n) is 5.30. The Morgan fingerprint density at radius 2 is 1.85 bits per heavy atom. The molecule has 0 saturated carbocycles. The lowest BCUT2D eigenvalue weighted by Crippen LogP contribution is -2.49. The molecule has 26 heavy (non-hydrogen) atoms. The van der Waals surface area contributed by atoms with Gasteiger partial charge in [0.2, 0.25) is 0 Å². The molecule has 1 N–H and O–H groups in total. The number of aromatic amines is 1. The number of carbonyl (C=O) groups excluding carboxylic acids is 1. The van der Waals surface area contributed by atoms with Crippen LogP contribution in [0.15, 0.2) is 54.7 Å². The van der Waals surface area contributed by atoms with Crippen LogP contribution in [0.3, 0.4) is 0 Å². The summed E-state index contributed by atoms with van der Waals surface area (Å²) in [5.74, 6) is 0.157. The number of piperazine rings is 1. The van der Waals surface area contributed by atoms with Gasteiger partial charge in [-0.2, -0.15) is 0 Å². The SMILES string of the molecule is Cc1cccc(C(=O)N2CCN(CCc3c[nH]c4ccccc34)CC2)c1. The average Bonchev–Trinajstić information content (AvgIpc) is 3.09. The van der Waals surface area contributed by atoms with Crippen molar-refractivity contribution in [2.75, 3.05) is 32.7 Å². The summed E-state index contributed by atoms with van der Waals surface area (Å²) in [4.78, 5) is 20.4. The van der Waals surface area contributed by atoms with Gasteiger partial charge in [0.05, 0.1) is 0 Å². The first-order chi connectivity index (χ1) is 12.7. The van der Waals surface area contributed by atoms with E-state index in [4.69, 9.17) is 0 Å². The normalized spacial score (nSPS) is 15.5. The van der Waals surface area contributed by atoms with Crippen molar-refractivity contribution in [1.29, 1.82) is 0 Å². The lowest BCUT2D eigenvalue weighted by Gasteiger charge is -2.34. The predicted molar refractivity (Wildman–Crippen MR) is 106 cm³/mol. The van der Waals surface area contributed by atoms with Gasteiger partial charge in [-0.15, -0.1) is 0 Å². The van der Waals surface area contributed by atoms with E-state index in [2.05, 4.69) is 40.3 Å². The van der Waals surface area contributed by atoms with E-state index in [1.807, 2.05) is 36.1 Å². The second-order valence-corrected chi connectivity index (χ2v) is 7.11. The lowest BCUT2D eigenvalue weighted by atomic mass is 10.1. The van der Waals surface area contributed by atoms with Crippen LogP contribution in [0.4, 0.5) is 0 Å². The molecule has 0 atom stereocenters. The Bertz CT molecular complexity index is 906. The molecule has 1 fully saturated rings. The number of para-hydroxylation sites is 1. The highest BCUT2D eigenvalue weighted by Gasteiger charge is 2.22. The molecule has 2 heterocycles. The number of carbonyl (C=O) groups is 1. The van der Waals surface area contributed by atoms with Crippen LogP contribution in [0.1, 0.15) is 21.5 Å². The summed E-state index contributed by atoms with van der Waals surface area (Å²) in [7, 11) is 0. The number of rotatable bonds is 4. The Kier molecular flexibility index (Phi) is 4.76. The van der Waals surface area contributed by atoms with Crippen LogP contribution in [0.2, 0.25) is 0 Å². The fourth-order valence-electron chi connectivity index (χ4n) is 3.75. The van der Waals surface area contributed by atoms with E-state index in [0.29, 0.717) is 0 Å². The summed E-state index contributed by atoms with van der Waals surface area (Å²) in [6, 6.07) is 16.3. The first-order valence-electron chi connectivity index (χ1n) is 9.34. The largest absolute Gasteiger partial charge is 0.361 e. The molecule has 0 spiro atoms. The molecule has 134 valence electrons. The van der Waals surface area contributed by atoms with Crippen LogP contribution < -0.4 is 0 Å². The third kappa shape index (κ3) is 3.51. The highest BCUT2D eigenvalue weighted by molar-refractivity contribution is 5.94. The minimum atomic E-state index is 0.157. The van der Waals surface area contributed by atoms with Crippen LogP contribution in [0, 0.1) is 6.92 Å². The summed E-state index contributed by atoms with van der Waals surface area (Å²) < 4.78 is 0. The molecular weight excluding hydrogens is 322 g/mol. The van der Waals surface area contributed by atoms with Gasteiger partial charge in [-0.05, 0) is 37.1 Å². The Balaban J connectivity index is 1.32. The maximum Gasteiger partial charge on any atom is 0.253 e. The second-order valence-electron chi connectivity index (χ2n) is 7.11. The maximum atomic E-state index is 12.7. The minimum absolute atomic E-state index is 0.157. The van der Waals surface area contributed by atoms with E-state index in [-0.39, 0.29) is 5.91 Å². The summed E-state index contributed by atoms with van der Waals surface area (Å²) >= 11 is 0. The Labute approximate surface area is 154 Å². The fraction of sp³-hybridized carbons (Fsp3) is 0.318. The predicted octanol–water partition coefficient (Wildman–Crippen LogP) is 3.48. The zero-order valence-corrected chi connectivity index (χ0v) is 15.2. The van der Waals surface area contributed by atoms with Crippen LogP contribution in [0.25, 0.3) is 10.9 Å². The molecule has 1 aliphatic rings. The highest BCUT2D eigenvalue weighted by Crippen LogP contribution is 2.19. The van der Waals surface area contributed by atoms with E-state index in [1.165, 1.54) is 16.5 Å².